The molecule has 1 heterocycles. The van der Waals surface area contributed by atoms with Crippen LogP contribution in [0.25, 0.3) is 0 Å². The SMILES string of the molecule is CN=C(NCCCOCC1CCOCC1)NCC(C)(C)c1ccc(OC)c(OC)c1. The number of hydrogen-bond acceptors (Lipinski definition) is 5. The lowest BCUT2D eigenvalue weighted by Crippen LogP contribution is -2.43. The second-order valence-corrected chi connectivity index (χ2v) is 8.29. The standard InChI is InChI=1S/C23H39N3O4/c1-23(2,19-7-8-20(27-4)21(15-19)28-5)17-26-22(24-3)25-11-6-12-30-16-18-9-13-29-14-10-18/h7-8,15,18H,6,9-14,16-17H2,1-5H3,(H2,24,25,26). The van der Waals surface area contributed by atoms with E-state index in [0.717, 1.165) is 76.2 Å². The van der Waals surface area contributed by atoms with Gasteiger partial charge in [-0.3, -0.25) is 4.99 Å². The molecule has 0 amide bonds. The van der Waals surface area contributed by atoms with Crippen molar-refractivity contribution in [3.63, 3.8) is 0 Å². The van der Waals surface area contributed by atoms with E-state index >= 15 is 0 Å². The molecule has 30 heavy (non-hydrogen) atoms. The van der Waals surface area contributed by atoms with Gasteiger partial charge in [-0.15, -0.1) is 0 Å². The van der Waals surface area contributed by atoms with Gasteiger partial charge in [0.25, 0.3) is 0 Å². The highest BCUT2D eigenvalue weighted by atomic mass is 16.5. The Morgan fingerprint density at radius 1 is 1.13 bits per heavy atom. The van der Waals surface area contributed by atoms with Crippen LogP contribution in [0.4, 0.5) is 0 Å². The zero-order valence-electron chi connectivity index (χ0n) is 19.3. The molecular formula is C23H39N3O4. The molecule has 0 spiro atoms. The minimum absolute atomic E-state index is 0.107. The zero-order valence-corrected chi connectivity index (χ0v) is 19.3. The summed E-state index contributed by atoms with van der Waals surface area (Å²) in [6.07, 6.45) is 3.18. The summed E-state index contributed by atoms with van der Waals surface area (Å²) in [6, 6.07) is 6.06. The van der Waals surface area contributed by atoms with E-state index in [2.05, 4.69) is 35.5 Å². The van der Waals surface area contributed by atoms with Crippen LogP contribution in [0.1, 0.15) is 38.7 Å². The number of benzene rings is 1. The number of guanidine groups is 1. The molecule has 0 saturated carbocycles. The molecule has 0 aromatic heterocycles. The quantitative estimate of drug-likeness (QED) is 0.325. The highest BCUT2D eigenvalue weighted by Crippen LogP contribution is 2.32. The van der Waals surface area contributed by atoms with Crippen LogP contribution >= 0.6 is 0 Å². The van der Waals surface area contributed by atoms with Crippen molar-refractivity contribution in [3.05, 3.63) is 23.8 Å². The van der Waals surface area contributed by atoms with Gasteiger partial charge < -0.3 is 29.6 Å². The van der Waals surface area contributed by atoms with Crippen LogP contribution in [-0.2, 0) is 14.9 Å². The molecule has 0 atom stereocenters. The first kappa shape index (κ1) is 24.3. The number of aliphatic imine (C=N–C) groups is 1. The van der Waals surface area contributed by atoms with Gasteiger partial charge >= 0.3 is 0 Å². The third-order valence-corrected chi connectivity index (χ3v) is 5.54. The minimum atomic E-state index is -0.107. The third-order valence-electron chi connectivity index (χ3n) is 5.54. The lowest BCUT2D eigenvalue weighted by Gasteiger charge is -2.27. The molecule has 0 bridgehead atoms. The summed E-state index contributed by atoms with van der Waals surface area (Å²) >= 11 is 0. The van der Waals surface area contributed by atoms with Crippen molar-refractivity contribution in [3.8, 4) is 11.5 Å². The van der Waals surface area contributed by atoms with E-state index in [1.807, 2.05) is 12.1 Å². The first-order valence-electron chi connectivity index (χ1n) is 10.8. The molecule has 1 aliphatic heterocycles. The Bertz CT molecular complexity index is 658. The highest BCUT2D eigenvalue weighted by molar-refractivity contribution is 5.79. The summed E-state index contributed by atoms with van der Waals surface area (Å²) in [7, 11) is 5.10. The first-order valence-corrected chi connectivity index (χ1v) is 10.8. The Hall–Kier alpha value is -1.99. The Labute approximate surface area is 181 Å². The molecule has 1 fully saturated rings. The topological polar surface area (TPSA) is 73.3 Å². The largest absolute Gasteiger partial charge is 0.493 e. The highest BCUT2D eigenvalue weighted by Gasteiger charge is 2.22. The maximum absolute atomic E-state index is 5.82. The van der Waals surface area contributed by atoms with E-state index < -0.39 is 0 Å². The molecule has 1 saturated heterocycles. The van der Waals surface area contributed by atoms with Gasteiger partial charge in [0.15, 0.2) is 17.5 Å². The van der Waals surface area contributed by atoms with Crippen LogP contribution < -0.4 is 20.1 Å². The fourth-order valence-electron chi connectivity index (χ4n) is 3.43. The molecule has 7 nitrogen and oxygen atoms in total. The predicted molar refractivity (Wildman–Crippen MR) is 121 cm³/mol. The molecule has 2 N–H and O–H groups in total. The molecule has 0 aliphatic carbocycles. The van der Waals surface area contributed by atoms with Crippen molar-refractivity contribution in [2.75, 3.05) is 60.8 Å². The van der Waals surface area contributed by atoms with Gasteiger partial charge in [0.05, 0.1) is 14.2 Å². The lowest BCUT2D eigenvalue weighted by atomic mass is 9.84. The monoisotopic (exact) mass is 421 g/mol. The van der Waals surface area contributed by atoms with Gasteiger partial charge in [0.2, 0.25) is 0 Å². The molecule has 2 rings (SSSR count). The average molecular weight is 422 g/mol. The van der Waals surface area contributed by atoms with Crippen LogP contribution in [0.5, 0.6) is 11.5 Å². The van der Waals surface area contributed by atoms with Gasteiger partial charge in [-0.2, -0.15) is 0 Å². The van der Waals surface area contributed by atoms with Gasteiger partial charge in [-0.1, -0.05) is 19.9 Å². The second kappa shape index (κ2) is 12.6. The fraction of sp³-hybridized carbons (Fsp3) is 0.696. The fourth-order valence-corrected chi connectivity index (χ4v) is 3.43. The van der Waals surface area contributed by atoms with E-state index in [9.17, 15) is 0 Å². The van der Waals surface area contributed by atoms with Gasteiger partial charge in [-0.05, 0) is 42.9 Å². The van der Waals surface area contributed by atoms with Crippen LogP contribution in [0, 0.1) is 5.92 Å². The van der Waals surface area contributed by atoms with Crippen LogP contribution in [-0.4, -0.2) is 66.7 Å². The maximum Gasteiger partial charge on any atom is 0.191 e. The molecule has 1 aliphatic rings. The summed E-state index contributed by atoms with van der Waals surface area (Å²) in [6.45, 7) is 9.30. The Kier molecular flexibility index (Phi) is 10.2. The summed E-state index contributed by atoms with van der Waals surface area (Å²) < 4.78 is 22.0. The number of hydrogen-bond donors (Lipinski definition) is 2. The second-order valence-electron chi connectivity index (χ2n) is 8.29. The van der Waals surface area contributed by atoms with Crippen molar-refractivity contribution < 1.29 is 18.9 Å². The normalized spacial score (nSPS) is 15.7. The average Bonchev–Trinajstić information content (AvgIpc) is 2.78. The lowest BCUT2D eigenvalue weighted by molar-refractivity contribution is 0.0203. The van der Waals surface area contributed by atoms with Crippen molar-refractivity contribution in [2.24, 2.45) is 10.9 Å². The Balaban J connectivity index is 1.71. The summed E-state index contributed by atoms with van der Waals surface area (Å²) in [4.78, 5) is 4.33. The van der Waals surface area contributed by atoms with Gasteiger partial charge in [0, 0.05) is 52.0 Å². The molecular weight excluding hydrogens is 382 g/mol. The number of nitrogens with zero attached hydrogens (tertiary/aromatic N) is 1. The first-order chi connectivity index (χ1) is 14.5. The van der Waals surface area contributed by atoms with Crippen molar-refractivity contribution >= 4 is 5.96 Å². The number of methoxy groups -OCH3 is 2. The molecule has 0 unspecified atom stereocenters. The number of ether oxygens (including phenoxy) is 4. The van der Waals surface area contributed by atoms with Crippen molar-refractivity contribution in [1.29, 1.82) is 0 Å². The number of rotatable bonds is 11. The third kappa shape index (κ3) is 7.69. The minimum Gasteiger partial charge on any atom is -0.493 e. The molecule has 7 heteroatoms. The van der Waals surface area contributed by atoms with E-state index in [-0.39, 0.29) is 5.41 Å². The van der Waals surface area contributed by atoms with Crippen LogP contribution in [0.15, 0.2) is 23.2 Å². The Morgan fingerprint density at radius 2 is 1.87 bits per heavy atom. The predicted octanol–water partition coefficient (Wildman–Crippen LogP) is 2.98. The van der Waals surface area contributed by atoms with Crippen LogP contribution in [0.2, 0.25) is 0 Å². The van der Waals surface area contributed by atoms with Crippen molar-refractivity contribution in [1.82, 2.24) is 10.6 Å². The maximum atomic E-state index is 5.82. The zero-order chi connectivity index (χ0) is 21.8. The summed E-state index contributed by atoms with van der Waals surface area (Å²) in [5.41, 5.74) is 1.06. The number of nitrogens with one attached hydrogen (secondary N) is 2. The smallest absolute Gasteiger partial charge is 0.191 e. The Morgan fingerprint density at radius 3 is 2.53 bits per heavy atom. The molecule has 170 valence electrons. The van der Waals surface area contributed by atoms with E-state index in [1.54, 1.807) is 21.3 Å². The van der Waals surface area contributed by atoms with Gasteiger partial charge in [-0.25, -0.2) is 0 Å². The van der Waals surface area contributed by atoms with E-state index in [4.69, 9.17) is 18.9 Å². The molecule has 0 radical (unpaired) electrons. The van der Waals surface area contributed by atoms with Crippen LogP contribution in [0.3, 0.4) is 0 Å². The van der Waals surface area contributed by atoms with Gasteiger partial charge in [0.1, 0.15) is 0 Å². The van der Waals surface area contributed by atoms with Crippen molar-refractivity contribution in [2.45, 2.75) is 38.5 Å². The summed E-state index contributed by atoms with van der Waals surface area (Å²) in [5.74, 6) is 2.93. The molecule has 1 aromatic rings. The van der Waals surface area contributed by atoms with E-state index in [1.165, 1.54) is 5.56 Å². The molecule has 1 aromatic carbocycles. The summed E-state index contributed by atoms with van der Waals surface area (Å²) in [5, 5.41) is 6.80. The van der Waals surface area contributed by atoms with E-state index in [0.29, 0.717) is 5.92 Å².